The molecular weight excluding hydrogens is 432 g/mol. The lowest BCUT2D eigenvalue weighted by atomic mass is 10.1. The summed E-state index contributed by atoms with van der Waals surface area (Å²) in [5.41, 5.74) is 8.61. The van der Waals surface area contributed by atoms with Crippen LogP contribution in [0.1, 0.15) is 13.8 Å². The van der Waals surface area contributed by atoms with E-state index in [-0.39, 0.29) is 0 Å². The molecule has 6 rings (SSSR count). The number of H-pyrrole nitrogens is 2. The first-order valence-corrected chi connectivity index (χ1v) is 11.5. The Morgan fingerprint density at radius 1 is 0.939 bits per heavy atom. The quantitative estimate of drug-likeness (QED) is 0.318. The van der Waals surface area contributed by atoms with Gasteiger partial charge in [0, 0.05) is 41.1 Å². The highest BCUT2D eigenvalue weighted by molar-refractivity contribution is 7.08. The number of hydrogen-bond donors (Lipinski definition) is 3. The number of nitrogens with one attached hydrogen (secondary N) is 3. The second kappa shape index (κ2) is 7.79. The summed E-state index contributed by atoms with van der Waals surface area (Å²) in [6, 6.07) is 10.3. The second-order valence-electron chi connectivity index (χ2n) is 8.08. The van der Waals surface area contributed by atoms with Gasteiger partial charge in [-0.15, -0.1) is 0 Å². The molecule has 33 heavy (non-hydrogen) atoms. The SMILES string of the molecule is CC(C)Nc1cncc(-c2ccc3[nH]nc(-c4nc5c(-c6ccsc6)nccc5[nH]4)c3n2)c1. The summed E-state index contributed by atoms with van der Waals surface area (Å²) >= 11 is 1.64. The van der Waals surface area contributed by atoms with E-state index >= 15 is 0 Å². The van der Waals surface area contributed by atoms with Crippen LogP contribution in [0.3, 0.4) is 0 Å². The van der Waals surface area contributed by atoms with Gasteiger partial charge < -0.3 is 10.3 Å². The van der Waals surface area contributed by atoms with Crippen molar-refractivity contribution in [2.45, 2.75) is 19.9 Å². The fourth-order valence-electron chi connectivity index (χ4n) is 3.88. The number of anilines is 1. The number of fused-ring (bicyclic) bond motifs is 2. The van der Waals surface area contributed by atoms with Gasteiger partial charge in [-0.1, -0.05) is 0 Å². The Morgan fingerprint density at radius 3 is 2.70 bits per heavy atom. The molecule has 0 aliphatic rings. The maximum absolute atomic E-state index is 4.91. The molecule has 6 aromatic rings. The van der Waals surface area contributed by atoms with Gasteiger partial charge in [-0.2, -0.15) is 16.4 Å². The molecule has 0 atom stereocenters. The number of nitrogens with zero attached hydrogens (tertiary/aromatic N) is 5. The maximum Gasteiger partial charge on any atom is 0.161 e. The lowest BCUT2D eigenvalue weighted by molar-refractivity contribution is 0.898. The first kappa shape index (κ1) is 19.6. The summed E-state index contributed by atoms with van der Waals surface area (Å²) in [7, 11) is 0. The molecule has 0 aliphatic carbocycles. The van der Waals surface area contributed by atoms with Crippen LogP contribution >= 0.6 is 11.3 Å². The minimum Gasteiger partial charge on any atom is -0.382 e. The van der Waals surface area contributed by atoms with E-state index in [4.69, 9.17) is 9.97 Å². The van der Waals surface area contributed by atoms with Crippen LogP contribution in [-0.2, 0) is 0 Å². The van der Waals surface area contributed by atoms with Gasteiger partial charge in [-0.25, -0.2) is 9.97 Å². The Kier molecular flexibility index (Phi) is 4.62. The number of thiophene rings is 1. The lowest BCUT2D eigenvalue weighted by Crippen LogP contribution is -2.09. The molecule has 0 radical (unpaired) electrons. The molecular formula is C24H20N8S. The molecule has 0 saturated carbocycles. The second-order valence-corrected chi connectivity index (χ2v) is 8.86. The average Bonchev–Trinajstić information content (AvgIpc) is 3.57. The number of rotatable bonds is 5. The van der Waals surface area contributed by atoms with Gasteiger partial charge >= 0.3 is 0 Å². The Labute approximate surface area is 193 Å². The minimum absolute atomic E-state index is 0.319. The summed E-state index contributed by atoms with van der Waals surface area (Å²) in [6.45, 7) is 4.20. The number of aromatic amines is 2. The van der Waals surface area contributed by atoms with Crippen molar-refractivity contribution < 1.29 is 0 Å². The van der Waals surface area contributed by atoms with Gasteiger partial charge in [0.1, 0.15) is 11.0 Å². The van der Waals surface area contributed by atoms with Crippen LogP contribution in [-0.4, -0.2) is 41.2 Å². The van der Waals surface area contributed by atoms with Crippen molar-refractivity contribution in [2.24, 2.45) is 0 Å². The minimum atomic E-state index is 0.319. The summed E-state index contributed by atoms with van der Waals surface area (Å²) in [5.74, 6) is 0.652. The molecule has 0 bridgehead atoms. The van der Waals surface area contributed by atoms with Crippen LogP contribution in [0.4, 0.5) is 5.69 Å². The van der Waals surface area contributed by atoms with Crippen molar-refractivity contribution in [3.8, 4) is 34.0 Å². The topological polar surface area (TPSA) is 108 Å². The van der Waals surface area contributed by atoms with Gasteiger partial charge in [-0.3, -0.25) is 15.1 Å². The van der Waals surface area contributed by atoms with E-state index < -0.39 is 0 Å². The van der Waals surface area contributed by atoms with Crippen LogP contribution < -0.4 is 5.32 Å². The zero-order valence-corrected chi connectivity index (χ0v) is 18.8. The van der Waals surface area contributed by atoms with Gasteiger partial charge in [0.15, 0.2) is 11.5 Å². The number of imidazole rings is 1. The molecule has 0 fully saturated rings. The van der Waals surface area contributed by atoms with Crippen molar-refractivity contribution in [3.05, 3.63) is 59.7 Å². The summed E-state index contributed by atoms with van der Waals surface area (Å²) < 4.78 is 0. The highest BCUT2D eigenvalue weighted by atomic mass is 32.1. The standard InChI is InChI=1S/C24H20N8S/c1-13(2)27-16-9-15(10-25-11-16)17-3-4-19-22(28-17)23(32-31-19)24-29-18-5-7-26-20(21(18)30-24)14-6-8-33-12-14/h3-13,27H,1-2H3,(H,29,30)(H,31,32). The Morgan fingerprint density at radius 2 is 1.85 bits per heavy atom. The molecule has 6 heterocycles. The molecule has 9 heteroatoms. The van der Waals surface area contributed by atoms with Crippen molar-refractivity contribution in [1.29, 1.82) is 0 Å². The molecule has 0 aliphatic heterocycles. The zero-order valence-electron chi connectivity index (χ0n) is 18.0. The third kappa shape index (κ3) is 3.52. The van der Waals surface area contributed by atoms with Gasteiger partial charge in [-0.05, 0) is 49.6 Å². The fraction of sp³-hybridized carbons (Fsp3) is 0.125. The predicted molar refractivity (Wildman–Crippen MR) is 132 cm³/mol. The van der Waals surface area contributed by atoms with Crippen molar-refractivity contribution in [3.63, 3.8) is 0 Å². The van der Waals surface area contributed by atoms with E-state index in [0.29, 0.717) is 17.6 Å². The van der Waals surface area contributed by atoms with Crippen LogP contribution in [0.2, 0.25) is 0 Å². The number of hydrogen-bond acceptors (Lipinski definition) is 7. The first-order chi connectivity index (χ1) is 16.2. The molecule has 0 spiro atoms. The van der Waals surface area contributed by atoms with E-state index in [9.17, 15) is 0 Å². The van der Waals surface area contributed by atoms with Crippen molar-refractivity contribution >= 4 is 39.1 Å². The van der Waals surface area contributed by atoms with Gasteiger partial charge in [0.25, 0.3) is 0 Å². The number of pyridine rings is 3. The van der Waals surface area contributed by atoms with Gasteiger partial charge in [0.2, 0.25) is 0 Å². The molecule has 162 valence electrons. The molecule has 6 aromatic heterocycles. The molecule has 0 aromatic carbocycles. The largest absolute Gasteiger partial charge is 0.382 e. The van der Waals surface area contributed by atoms with Crippen LogP contribution in [0.15, 0.2) is 59.7 Å². The van der Waals surface area contributed by atoms with E-state index in [0.717, 1.165) is 50.3 Å². The average molecular weight is 453 g/mol. The lowest BCUT2D eigenvalue weighted by Gasteiger charge is -2.10. The first-order valence-electron chi connectivity index (χ1n) is 10.6. The smallest absolute Gasteiger partial charge is 0.161 e. The van der Waals surface area contributed by atoms with E-state index in [2.05, 4.69) is 61.8 Å². The third-order valence-electron chi connectivity index (χ3n) is 5.32. The Bertz CT molecular complexity index is 1580. The highest BCUT2D eigenvalue weighted by Crippen LogP contribution is 2.31. The van der Waals surface area contributed by atoms with Crippen LogP contribution in [0, 0.1) is 0 Å². The number of aromatic nitrogens is 7. The summed E-state index contributed by atoms with van der Waals surface area (Å²) in [6.07, 6.45) is 5.43. The van der Waals surface area contributed by atoms with E-state index in [1.165, 1.54) is 0 Å². The molecule has 0 saturated heterocycles. The zero-order chi connectivity index (χ0) is 22.4. The highest BCUT2D eigenvalue weighted by Gasteiger charge is 2.17. The summed E-state index contributed by atoms with van der Waals surface area (Å²) in [5, 5.41) is 15.1. The summed E-state index contributed by atoms with van der Waals surface area (Å²) in [4.78, 5) is 22.1. The molecule has 3 N–H and O–H groups in total. The maximum atomic E-state index is 4.91. The third-order valence-corrected chi connectivity index (χ3v) is 6.00. The van der Waals surface area contributed by atoms with E-state index in [1.54, 1.807) is 17.5 Å². The molecule has 0 unspecified atom stereocenters. The van der Waals surface area contributed by atoms with Crippen LogP contribution in [0.5, 0.6) is 0 Å². The van der Waals surface area contributed by atoms with Gasteiger partial charge in [0.05, 0.1) is 28.1 Å². The normalized spacial score (nSPS) is 11.6. The monoisotopic (exact) mass is 452 g/mol. The molecule has 0 amide bonds. The molecule has 8 nitrogen and oxygen atoms in total. The Hall–Kier alpha value is -4.11. The van der Waals surface area contributed by atoms with Crippen molar-refractivity contribution in [1.82, 2.24) is 35.1 Å². The van der Waals surface area contributed by atoms with Crippen molar-refractivity contribution in [2.75, 3.05) is 5.32 Å². The van der Waals surface area contributed by atoms with E-state index in [1.807, 2.05) is 36.0 Å². The Balaban J connectivity index is 1.45. The predicted octanol–water partition coefficient (Wildman–Crippen LogP) is 5.51. The van der Waals surface area contributed by atoms with Crippen LogP contribution in [0.25, 0.3) is 56.1 Å². The fourth-order valence-corrected chi connectivity index (χ4v) is 4.52.